The Hall–Kier alpha value is -0.170. The van der Waals surface area contributed by atoms with E-state index in [9.17, 15) is 8.42 Å². The number of nitrogens with two attached hydrogens (primary N) is 1. The molecule has 4 N–H and O–H groups in total. The summed E-state index contributed by atoms with van der Waals surface area (Å²) in [5.74, 6) is 0. The van der Waals surface area contributed by atoms with Crippen LogP contribution in [-0.2, 0) is 10.2 Å². The smallest absolute Gasteiger partial charge is 0.277 e. The summed E-state index contributed by atoms with van der Waals surface area (Å²) in [4.78, 5) is 0. The van der Waals surface area contributed by atoms with Gasteiger partial charge >= 0.3 is 0 Å². The van der Waals surface area contributed by atoms with Crippen molar-refractivity contribution in [3.05, 3.63) is 0 Å². The molecule has 1 atom stereocenters. The van der Waals surface area contributed by atoms with Gasteiger partial charge in [0.2, 0.25) is 0 Å². The molecular formula is C8H21N3O2S. The largest absolute Gasteiger partial charge is 0.330 e. The highest BCUT2D eigenvalue weighted by Gasteiger charge is 2.14. The molecule has 0 aliphatic carbocycles. The molecule has 5 nitrogen and oxygen atoms in total. The van der Waals surface area contributed by atoms with Gasteiger partial charge in [0.05, 0.1) is 0 Å². The highest BCUT2D eigenvalue weighted by Crippen LogP contribution is 1.97. The van der Waals surface area contributed by atoms with E-state index in [2.05, 4.69) is 9.44 Å². The van der Waals surface area contributed by atoms with Gasteiger partial charge in [0.15, 0.2) is 0 Å². The first-order valence-corrected chi connectivity index (χ1v) is 6.51. The van der Waals surface area contributed by atoms with E-state index in [1.165, 1.54) is 0 Å². The van der Waals surface area contributed by atoms with Gasteiger partial charge < -0.3 is 5.73 Å². The fourth-order valence-electron chi connectivity index (χ4n) is 1.05. The van der Waals surface area contributed by atoms with Crippen LogP contribution in [0.5, 0.6) is 0 Å². The summed E-state index contributed by atoms with van der Waals surface area (Å²) in [6.45, 7) is 4.81. The van der Waals surface area contributed by atoms with E-state index in [0.29, 0.717) is 19.5 Å². The fourth-order valence-corrected chi connectivity index (χ4v) is 2.32. The Bertz CT molecular complexity index is 229. The average Bonchev–Trinajstić information content (AvgIpc) is 2.14. The molecule has 0 saturated carbocycles. The number of hydrogen-bond acceptors (Lipinski definition) is 3. The molecule has 86 valence electrons. The minimum absolute atomic E-state index is 0.0608. The normalized spacial score (nSPS) is 14.2. The van der Waals surface area contributed by atoms with Gasteiger partial charge in [-0.05, 0) is 25.8 Å². The van der Waals surface area contributed by atoms with E-state index in [1.54, 1.807) is 0 Å². The van der Waals surface area contributed by atoms with Crippen molar-refractivity contribution in [1.82, 2.24) is 9.44 Å². The van der Waals surface area contributed by atoms with Gasteiger partial charge in [-0.25, -0.2) is 4.72 Å². The number of hydrogen-bond donors (Lipinski definition) is 3. The van der Waals surface area contributed by atoms with Gasteiger partial charge in [-0.15, -0.1) is 0 Å². The lowest BCUT2D eigenvalue weighted by molar-refractivity contribution is 0.511. The SMILES string of the molecule is CCCNS(=O)(=O)NC(CC)CCN. The molecule has 0 saturated heterocycles. The van der Waals surface area contributed by atoms with E-state index in [1.807, 2.05) is 13.8 Å². The lowest BCUT2D eigenvalue weighted by Crippen LogP contribution is -2.43. The maximum absolute atomic E-state index is 11.4. The van der Waals surface area contributed by atoms with Crippen LogP contribution in [0.4, 0.5) is 0 Å². The van der Waals surface area contributed by atoms with Gasteiger partial charge in [0.25, 0.3) is 10.2 Å². The Morgan fingerprint density at radius 2 is 2.00 bits per heavy atom. The van der Waals surface area contributed by atoms with Crippen molar-refractivity contribution in [2.75, 3.05) is 13.1 Å². The Balaban J connectivity index is 4.04. The monoisotopic (exact) mass is 223 g/mol. The average molecular weight is 223 g/mol. The van der Waals surface area contributed by atoms with Crippen LogP contribution in [0.2, 0.25) is 0 Å². The molecule has 0 rings (SSSR count). The highest BCUT2D eigenvalue weighted by atomic mass is 32.2. The zero-order valence-electron chi connectivity index (χ0n) is 8.91. The van der Waals surface area contributed by atoms with Crippen molar-refractivity contribution in [3.8, 4) is 0 Å². The quantitative estimate of drug-likeness (QED) is 0.539. The van der Waals surface area contributed by atoms with Gasteiger partial charge in [-0.2, -0.15) is 13.1 Å². The molecule has 0 spiro atoms. The molecule has 0 amide bonds. The maximum atomic E-state index is 11.4. The topological polar surface area (TPSA) is 84.2 Å². The Morgan fingerprint density at radius 3 is 2.43 bits per heavy atom. The van der Waals surface area contributed by atoms with Gasteiger partial charge in [0, 0.05) is 12.6 Å². The van der Waals surface area contributed by atoms with Crippen molar-refractivity contribution in [2.24, 2.45) is 5.73 Å². The lowest BCUT2D eigenvalue weighted by Gasteiger charge is -2.16. The van der Waals surface area contributed by atoms with Gasteiger partial charge in [-0.3, -0.25) is 0 Å². The zero-order valence-corrected chi connectivity index (χ0v) is 9.73. The van der Waals surface area contributed by atoms with Crippen LogP contribution >= 0.6 is 0 Å². The fraction of sp³-hybridized carbons (Fsp3) is 1.00. The molecule has 0 aromatic heterocycles. The van der Waals surface area contributed by atoms with Crippen LogP contribution in [0.1, 0.15) is 33.1 Å². The number of nitrogens with one attached hydrogen (secondary N) is 2. The Kier molecular flexibility index (Phi) is 7.08. The second-order valence-corrected chi connectivity index (χ2v) is 4.73. The van der Waals surface area contributed by atoms with Crippen molar-refractivity contribution in [2.45, 2.75) is 39.2 Å². The van der Waals surface area contributed by atoms with E-state index < -0.39 is 10.2 Å². The predicted molar refractivity (Wildman–Crippen MR) is 58.1 cm³/mol. The summed E-state index contributed by atoms with van der Waals surface area (Å²) in [7, 11) is -3.33. The third-order valence-electron chi connectivity index (χ3n) is 1.87. The molecule has 0 bridgehead atoms. The summed E-state index contributed by atoms with van der Waals surface area (Å²) in [5.41, 5.74) is 5.37. The second kappa shape index (κ2) is 7.17. The minimum Gasteiger partial charge on any atom is -0.330 e. The Labute approximate surface area is 86.6 Å². The van der Waals surface area contributed by atoms with Gasteiger partial charge in [-0.1, -0.05) is 13.8 Å². The molecule has 1 unspecified atom stereocenters. The van der Waals surface area contributed by atoms with Crippen molar-refractivity contribution >= 4 is 10.2 Å². The van der Waals surface area contributed by atoms with Crippen LogP contribution < -0.4 is 15.2 Å². The van der Waals surface area contributed by atoms with Crippen molar-refractivity contribution < 1.29 is 8.42 Å². The summed E-state index contributed by atoms with van der Waals surface area (Å²) < 4.78 is 27.8. The molecule has 0 radical (unpaired) electrons. The summed E-state index contributed by atoms with van der Waals surface area (Å²) >= 11 is 0. The van der Waals surface area contributed by atoms with Crippen LogP contribution in [-0.4, -0.2) is 27.5 Å². The first-order valence-electron chi connectivity index (χ1n) is 5.02. The van der Waals surface area contributed by atoms with Crippen molar-refractivity contribution in [3.63, 3.8) is 0 Å². The summed E-state index contributed by atoms with van der Waals surface area (Å²) in [5, 5.41) is 0. The lowest BCUT2D eigenvalue weighted by atomic mass is 10.2. The molecule has 0 aromatic carbocycles. The first kappa shape index (κ1) is 13.8. The van der Waals surface area contributed by atoms with Crippen LogP contribution in [0.3, 0.4) is 0 Å². The van der Waals surface area contributed by atoms with Crippen molar-refractivity contribution in [1.29, 1.82) is 0 Å². The molecular weight excluding hydrogens is 202 g/mol. The number of rotatable bonds is 8. The zero-order chi connectivity index (χ0) is 11.0. The van der Waals surface area contributed by atoms with Crippen LogP contribution in [0.15, 0.2) is 0 Å². The standard InChI is InChI=1S/C8H21N3O2S/c1-3-7-10-14(12,13)11-8(4-2)5-6-9/h8,10-11H,3-7,9H2,1-2H3. The molecule has 14 heavy (non-hydrogen) atoms. The van der Waals surface area contributed by atoms with Crippen LogP contribution in [0, 0.1) is 0 Å². The van der Waals surface area contributed by atoms with Crippen LogP contribution in [0.25, 0.3) is 0 Å². The summed E-state index contributed by atoms with van der Waals surface area (Å²) in [6, 6.07) is -0.0608. The third kappa shape index (κ3) is 6.31. The van der Waals surface area contributed by atoms with E-state index in [0.717, 1.165) is 12.8 Å². The molecule has 0 aliphatic heterocycles. The highest BCUT2D eigenvalue weighted by molar-refractivity contribution is 7.87. The van der Waals surface area contributed by atoms with Gasteiger partial charge in [0.1, 0.15) is 0 Å². The molecule has 6 heteroatoms. The molecule has 0 fully saturated rings. The first-order chi connectivity index (χ1) is 6.55. The molecule has 0 aliphatic rings. The predicted octanol–water partition coefficient (Wildman–Crippen LogP) is -0.0522. The third-order valence-corrected chi connectivity index (χ3v) is 3.10. The minimum atomic E-state index is -3.33. The molecule has 0 aromatic rings. The molecule has 0 heterocycles. The maximum Gasteiger partial charge on any atom is 0.277 e. The van der Waals surface area contributed by atoms with E-state index >= 15 is 0 Å². The second-order valence-electron chi connectivity index (χ2n) is 3.20. The van der Waals surface area contributed by atoms with E-state index in [-0.39, 0.29) is 6.04 Å². The van der Waals surface area contributed by atoms with E-state index in [4.69, 9.17) is 5.73 Å². The summed E-state index contributed by atoms with van der Waals surface area (Å²) in [6.07, 6.45) is 2.21. The Morgan fingerprint density at radius 1 is 1.36 bits per heavy atom.